The Labute approximate surface area is 124 Å². The van der Waals surface area contributed by atoms with E-state index in [1.165, 1.54) is 0 Å². The van der Waals surface area contributed by atoms with Crippen molar-refractivity contribution in [1.29, 1.82) is 0 Å². The molecule has 0 fully saturated rings. The molecule has 0 aliphatic rings. The third-order valence-corrected chi connectivity index (χ3v) is 4.74. The first-order chi connectivity index (χ1) is 9.97. The molecule has 0 radical (unpaired) electrons. The minimum absolute atomic E-state index is 0.271. The van der Waals surface area contributed by atoms with Gasteiger partial charge in [0.05, 0.1) is 10.9 Å². The number of aromatic amines is 1. The Morgan fingerprint density at radius 3 is 2.81 bits per heavy atom. The molecule has 0 aliphatic heterocycles. The number of hydrogen-bond donors (Lipinski definition) is 3. The molecule has 0 saturated carbocycles. The third-order valence-electron chi connectivity index (χ3n) is 3.23. The van der Waals surface area contributed by atoms with E-state index in [0.717, 1.165) is 12.2 Å². The highest BCUT2D eigenvalue weighted by Gasteiger charge is 2.22. The molecule has 2 aromatic rings. The lowest BCUT2D eigenvalue weighted by Gasteiger charge is -2.10. The van der Waals surface area contributed by atoms with Gasteiger partial charge >= 0.3 is 0 Å². The lowest BCUT2D eigenvalue weighted by molar-refractivity contribution is 0.561. The molecule has 7 nitrogen and oxygen atoms in total. The molecule has 0 saturated heterocycles. The summed E-state index contributed by atoms with van der Waals surface area (Å²) in [6.45, 7) is 5.08. The van der Waals surface area contributed by atoms with Crippen LogP contribution in [-0.4, -0.2) is 30.0 Å². The van der Waals surface area contributed by atoms with E-state index >= 15 is 0 Å². The lowest BCUT2D eigenvalue weighted by Crippen LogP contribution is -2.27. The average molecular weight is 311 g/mol. The monoisotopic (exact) mass is 311 g/mol. The average Bonchev–Trinajstić information content (AvgIpc) is 3.08. The van der Waals surface area contributed by atoms with Crippen LogP contribution in [0.1, 0.15) is 31.4 Å². The van der Waals surface area contributed by atoms with Gasteiger partial charge in [-0.2, -0.15) is 0 Å². The zero-order chi connectivity index (χ0) is 15.5. The van der Waals surface area contributed by atoms with Crippen LogP contribution in [0.15, 0.2) is 29.6 Å². The number of rotatable bonds is 7. The topological polar surface area (TPSA) is 91.8 Å². The molecule has 0 amide bonds. The van der Waals surface area contributed by atoms with Crippen molar-refractivity contribution in [2.24, 2.45) is 0 Å². The smallest absolute Gasteiger partial charge is 0.242 e. The van der Waals surface area contributed by atoms with E-state index in [1.54, 1.807) is 31.6 Å². The van der Waals surface area contributed by atoms with Crippen LogP contribution >= 0.6 is 0 Å². The number of hydrogen-bond acceptors (Lipinski definition) is 4. The summed E-state index contributed by atoms with van der Waals surface area (Å²) in [6, 6.07) is 1.28. The molecule has 3 N–H and O–H groups in total. The molecular weight excluding hydrogens is 290 g/mol. The highest BCUT2D eigenvalue weighted by atomic mass is 32.2. The largest absolute Gasteiger partial charge is 0.349 e. The number of aromatic nitrogens is 3. The summed E-state index contributed by atoms with van der Waals surface area (Å²) in [5.41, 5.74) is 0.936. The van der Waals surface area contributed by atoms with E-state index in [4.69, 9.17) is 0 Å². The predicted molar refractivity (Wildman–Crippen MR) is 80.2 cm³/mol. The molecule has 2 aromatic heterocycles. The Balaban J connectivity index is 2.23. The van der Waals surface area contributed by atoms with Gasteiger partial charge in [-0.1, -0.05) is 0 Å². The SMILES string of the molecule is CCn1cc(S(=O)(=O)NC(C)c2ncc[nH]2)cc1CNC. The minimum atomic E-state index is -3.57. The molecule has 0 spiro atoms. The van der Waals surface area contributed by atoms with Crippen molar-refractivity contribution >= 4 is 10.0 Å². The van der Waals surface area contributed by atoms with Crippen LogP contribution < -0.4 is 10.0 Å². The first-order valence-corrected chi connectivity index (χ1v) is 8.31. The summed E-state index contributed by atoms with van der Waals surface area (Å²) in [6.07, 6.45) is 4.92. The van der Waals surface area contributed by atoms with Crippen molar-refractivity contribution in [2.75, 3.05) is 7.05 Å². The van der Waals surface area contributed by atoms with Crippen LogP contribution in [0.25, 0.3) is 0 Å². The Morgan fingerprint density at radius 1 is 1.48 bits per heavy atom. The highest BCUT2D eigenvalue weighted by Crippen LogP contribution is 2.17. The van der Waals surface area contributed by atoms with Gasteiger partial charge in [0.15, 0.2) is 0 Å². The summed E-state index contributed by atoms with van der Waals surface area (Å²) in [7, 11) is -1.74. The fourth-order valence-electron chi connectivity index (χ4n) is 2.17. The van der Waals surface area contributed by atoms with E-state index in [9.17, 15) is 8.42 Å². The molecule has 8 heteroatoms. The van der Waals surface area contributed by atoms with Gasteiger partial charge in [-0.3, -0.25) is 0 Å². The molecule has 1 atom stereocenters. The molecular formula is C13H21N5O2S. The zero-order valence-electron chi connectivity index (χ0n) is 12.4. The maximum absolute atomic E-state index is 12.4. The van der Waals surface area contributed by atoms with Crippen LogP contribution in [-0.2, 0) is 23.1 Å². The number of imidazole rings is 1. The molecule has 0 aromatic carbocycles. The standard InChI is InChI=1S/C13H21N5O2S/c1-4-18-9-12(7-11(18)8-14-3)21(19,20)17-10(2)13-15-5-6-16-13/h5-7,9-10,14,17H,4,8H2,1-3H3,(H,15,16). The summed E-state index contributed by atoms with van der Waals surface area (Å²) in [5.74, 6) is 0.587. The number of sulfonamides is 1. The van der Waals surface area contributed by atoms with Crippen molar-refractivity contribution in [3.05, 3.63) is 36.2 Å². The Morgan fingerprint density at radius 2 is 2.24 bits per heavy atom. The van der Waals surface area contributed by atoms with E-state index in [1.807, 2.05) is 18.5 Å². The number of nitrogens with one attached hydrogen (secondary N) is 3. The zero-order valence-corrected chi connectivity index (χ0v) is 13.2. The fourth-order valence-corrected chi connectivity index (χ4v) is 3.44. The Hall–Kier alpha value is -1.64. The van der Waals surface area contributed by atoms with Crippen molar-refractivity contribution in [3.8, 4) is 0 Å². The molecule has 21 heavy (non-hydrogen) atoms. The van der Waals surface area contributed by atoms with Crippen LogP contribution in [0, 0.1) is 0 Å². The van der Waals surface area contributed by atoms with E-state index in [-0.39, 0.29) is 4.90 Å². The number of aryl methyl sites for hydroxylation is 1. The molecule has 116 valence electrons. The van der Waals surface area contributed by atoms with Crippen molar-refractivity contribution in [3.63, 3.8) is 0 Å². The van der Waals surface area contributed by atoms with Gasteiger partial charge in [0.25, 0.3) is 0 Å². The van der Waals surface area contributed by atoms with Crippen molar-refractivity contribution in [2.45, 2.75) is 37.9 Å². The third kappa shape index (κ3) is 3.52. The lowest BCUT2D eigenvalue weighted by atomic mass is 10.3. The molecule has 1 unspecified atom stereocenters. The van der Waals surface area contributed by atoms with E-state index < -0.39 is 16.1 Å². The van der Waals surface area contributed by atoms with Crippen LogP contribution in [0.5, 0.6) is 0 Å². The second-order valence-electron chi connectivity index (χ2n) is 4.80. The van der Waals surface area contributed by atoms with Gasteiger partial charge in [0, 0.05) is 37.4 Å². The van der Waals surface area contributed by atoms with Gasteiger partial charge in [-0.25, -0.2) is 18.1 Å². The van der Waals surface area contributed by atoms with Gasteiger partial charge < -0.3 is 14.9 Å². The fraction of sp³-hybridized carbons (Fsp3) is 0.462. The summed E-state index contributed by atoms with van der Waals surface area (Å²) in [5, 5.41) is 3.04. The van der Waals surface area contributed by atoms with Crippen LogP contribution in [0.4, 0.5) is 0 Å². The summed E-state index contributed by atoms with van der Waals surface area (Å²) in [4.78, 5) is 7.24. The van der Waals surface area contributed by atoms with Gasteiger partial charge in [0.1, 0.15) is 5.82 Å². The van der Waals surface area contributed by atoms with Crippen molar-refractivity contribution in [1.82, 2.24) is 24.6 Å². The summed E-state index contributed by atoms with van der Waals surface area (Å²) < 4.78 is 29.4. The molecule has 0 bridgehead atoms. The van der Waals surface area contributed by atoms with E-state index in [0.29, 0.717) is 12.4 Å². The van der Waals surface area contributed by atoms with Crippen LogP contribution in [0.2, 0.25) is 0 Å². The maximum atomic E-state index is 12.4. The quantitative estimate of drug-likeness (QED) is 0.711. The minimum Gasteiger partial charge on any atom is -0.349 e. The first-order valence-electron chi connectivity index (χ1n) is 6.83. The Kier molecular flexibility index (Phi) is 4.81. The second-order valence-corrected chi connectivity index (χ2v) is 6.51. The molecule has 2 heterocycles. The van der Waals surface area contributed by atoms with Gasteiger partial charge in [-0.15, -0.1) is 0 Å². The van der Waals surface area contributed by atoms with Gasteiger partial charge in [-0.05, 0) is 27.0 Å². The number of nitrogens with zero attached hydrogens (tertiary/aromatic N) is 2. The van der Waals surface area contributed by atoms with Crippen molar-refractivity contribution < 1.29 is 8.42 Å². The predicted octanol–water partition coefficient (Wildman–Crippen LogP) is 0.990. The number of H-pyrrole nitrogens is 1. The first kappa shape index (κ1) is 15.7. The van der Waals surface area contributed by atoms with E-state index in [2.05, 4.69) is 20.0 Å². The highest BCUT2D eigenvalue weighted by molar-refractivity contribution is 7.89. The maximum Gasteiger partial charge on any atom is 0.242 e. The molecule has 2 rings (SSSR count). The Bertz CT molecular complexity index is 675. The summed E-state index contributed by atoms with van der Waals surface area (Å²) >= 11 is 0. The van der Waals surface area contributed by atoms with Gasteiger partial charge in [0.2, 0.25) is 10.0 Å². The normalized spacial score (nSPS) is 13.5. The molecule has 0 aliphatic carbocycles. The van der Waals surface area contributed by atoms with Crippen LogP contribution in [0.3, 0.4) is 0 Å². The second kappa shape index (κ2) is 6.42.